The number of aromatic amines is 1. The summed E-state index contributed by atoms with van der Waals surface area (Å²) in [6, 6.07) is 10.2. The van der Waals surface area contributed by atoms with Gasteiger partial charge in [-0.1, -0.05) is 39.4 Å². The molecule has 0 radical (unpaired) electrons. The normalized spacial score (nSPS) is 29.6. The number of thioether (sulfide) groups is 1. The number of fused-ring (bicyclic) bond motifs is 9. The van der Waals surface area contributed by atoms with Crippen LogP contribution in [0.4, 0.5) is 18.9 Å². The fourth-order valence-corrected chi connectivity index (χ4v) is 11.7. The number of aromatic nitrogens is 1. The van der Waals surface area contributed by atoms with Gasteiger partial charge in [0.05, 0.1) is 41.3 Å². The third-order valence-electron chi connectivity index (χ3n) is 10.2. The summed E-state index contributed by atoms with van der Waals surface area (Å²) in [5, 5.41) is 0.502. The van der Waals surface area contributed by atoms with E-state index in [0.717, 1.165) is 37.2 Å². The Bertz CT molecular complexity index is 1860. The molecule has 246 valence electrons. The molecule has 1 aromatic heterocycles. The van der Waals surface area contributed by atoms with Crippen LogP contribution in [0.25, 0.3) is 0 Å². The first-order chi connectivity index (χ1) is 22.5. The Kier molecular flexibility index (Phi) is 7.61. The molecule has 0 unspecified atom stereocenters. The number of nitrogens with one attached hydrogen (secondary N) is 1. The first-order valence-electron chi connectivity index (χ1n) is 15.2. The molecule has 4 fully saturated rings. The van der Waals surface area contributed by atoms with E-state index in [1.165, 1.54) is 30.0 Å². The molecule has 15 heteroatoms. The summed E-state index contributed by atoms with van der Waals surface area (Å²) in [5.41, 5.74) is -0.728. The van der Waals surface area contributed by atoms with Crippen LogP contribution in [-0.4, -0.2) is 65.8 Å². The van der Waals surface area contributed by atoms with E-state index < -0.39 is 47.0 Å². The van der Waals surface area contributed by atoms with Crippen molar-refractivity contribution in [3.63, 3.8) is 0 Å². The molecule has 3 aromatic rings. The SMILES string of the molecule is O=C(COc1ccc(Br)cc1[C@@H]1c2sc(=O)[nH]c2S[C@@H]2[C@@H]3C[C@@H]([C@@H]4C(=O)N(c5ccccc5C(F)(F)F)C(=O)[C@@H]34)[C@H]12)N1CCOCC1. The van der Waals surface area contributed by atoms with Crippen LogP contribution >= 0.6 is 39.0 Å². The van der Waals surface area contributed by atoms with Gasteiger partial charge in [0.25, 0.3) is 5.91 Å². The van der Waals surface area contributed by atoms with Crippen LogP contribution in [0.1, 0.15) is 28.3 Å². The van der Waals surface area contributed by atoms with Gasteiger partial charge in [-0.25, -0.2) is 4.90 Å². The van der Waals surface area contributed by atoms with E-state index in [0.29, 0.717) is 43.5 Å². The minimum absolute atomic E-state index is 0.178. The van der Waals surface area contributed by atoms with E-state index >= 15 is 0 Å². The quantitative estimate of drug-likeness (QED) is 0.361. The van der Waals surface area contributed by atoms with Crippen LogP contribution in [0, 0.1) is 29.6 Å². The molecule has 8 rings (SSSR count). The largest absolute Gasteiger partial charge is 0.483 e. The van der Waals surface area contributed by atoms with Crippen LogP contribution in [0.15, 0.2) is 56.8 Å². The van der Waals surface area contributed by atoms with Gasteiger partial charge in [-0.15, -0.1) is 11.8 Å². The van der Waals surface area contributed by atoms with Crippen molar-refractivity contribution in [1.29, 1.82) is 0 Å². The van der Waals surface area contributed by atoms with Gasteiger partial charge in [0.2, 0.25) is 11.8 Å². The minimum Gasteiger partial charge on any atom is -0.483 e. The summed E-state index contributed by atoms with van der Waals surface area (Å²) >= 11 is 6.13. The number of ether oxygens (including phenoxy) is 2. The minimum atomic E-state index is -4.75. The number of amides is 3. The van der Waals surface area contributed by atoms with Crippen LogP contribution in [0.2, 0.25) is 0 Å². The average Bonchev–Trinajstić information content (AvgIpc) is 3.79. The Morgan fingerprint density at radius 2 is 1.77 bits per heavy atom. The number of hydrogen-bond acceptors (Lipinski definition) is 8. The van der Waals surface area contributed by atoms with Crippen molar-refractivity contribution in [1.82, 2.24) is 9.88 Å². The summed E-state index contributed by atoms with van der Waals surface area (Å²) in [7, 11) is 0. The summed E-state index contributed by atoms with van der Waals surface area (Å²) in [6.45, 7) is 1.67. The maximum absolute atomic E-state index is 14.1. The topological polar surface area (TPSA) is 109 Å². The first kappa shape index (κ1) is 31.1. The number of halogens is 4. The highest BCUT2D eigenvalue weighted by atomic mass is 79.9. The lowest BCUT2D eigenvalue weighted by atomic mass is 9.68. The fraction of sp³-hybridized carbons (Fsp3) is 0.438. The molecular weight excluding hydrogens is 723 g/mol. The number of alkyl halides is 3. The molecule has 4 heterocycles. The average molecular weight is 751 g/mol. The number of rotatable bonds is 5. The number of thiazole rings is 1. The standard InChI is InChI=1S/C32H27BrF3N3O6S2/c33-14-5-6-20(45-13-21(40)38-7-9-44-10-8-38)15(11-14)22-23-16-12-17(26(23)46-28-27(22)47-31(43)37-28)25-24(16)29(41)39(30(25)42)19-4-2-1-3-18(19)32(34,35)36/h1-6,11,16-17,22-26H,7-10,12-13H2,(H,37,43)/t16-,17-,22+,23-,24+,25+,26-/m1/s1. The summed E-state index contributed by atoms with van der Waals surface area (Å²) < 4.78 is 54.3. The highest BCUT2D eigenvalue weighted by molar-refractivity contribution is 9.10. The number of imide groups is 1. The second-order valence-corrected chi connectivity index (χ2v) is 15.6. The highest BCUT2D eigenvalue weighted by Crippen LogP contribution is 2.69. The highest BCUT2D eigenvalue weighted by Gasteiger charge is 2.70. The molecule has 0 spiro atoms. The molecule has 3 aliphatic heterocycles. The molecule has 47 heavy (non-hydrogen) atoms. The molecule has 2 bridgehead atoms. The zero-order chi connectivity index (χ0) is 32.8. The Morgan fingerprint density at radius 1 is 1.04 bits per heavy atom. The van der Waals surface area contributed by atoms with Gasteiger partial charge in [0, 0.05) is 39.2 Å². The van der Waals surface area contributed by atoms with Crippen molar-refractivity contribution in [3.8, 4) is 5.75 Å². The van der Waals surface area contributed by atoms with Gasteiger partial charge in [0.15, 0.2) is 6.61 Å². The Labute approximate surface area is 282 Å². The van der Waals surface area contributed by atoms with E-state index in [1.807, 2.05) is 6.07 Å². The number of anilines is 1. The van der Waals surface area contributed by atoms with E-state index in [-0.39, 0.29) is 40.4 Å². The molecule has 2 saturated carbocycles. The second kappa shape index (κ2) is 11.5. The van der Waals surface area contributed by atoms with E-state index in [4.69, 9.17) is 9.47 Å². The molecule has 7 atom stereocenters. The zero-order valence-electron chi connectivity index (χ0n) is 24.5. The maximum Gasteiger partial charge on any atom is 0.418 e. The number of carbonyl (C=O) groups is 3. The third-order valence-corrected chi connectivity index (χ3v) is 13.3. The van der Waals surface area contributed by atoms with Gasteiger partial charge in [-0.3, -0.25) is 19.2 Å². The molecule has 9 nitrogen and oxygen atoms in total. The molecule has 5 aliphatic rings. The number of nitrogens with zero attached hydrogens (tertiary/aromatic N) is 2. The Balaban J connectivity index is 1.17. The predicted molar refractivity (Wildman–Crippen MR) is 169 cm³/mol. The van der Waals surface area contributed by atoms with Crippen molar-refractivity contribution in [2.24, 2.45) is 29.6 Å². The van der Waals surface area contributed by atoms with Crippen LogP contribution in [0.5, 0.6) is 5.75 Å². The van der Waals surface area contributed by atoms with Crippen LogP contribution in [0.3, 0.4) is 0 Å². The van der Waals surface area contributed by atoms with Crippen molar-refractivity contribution < 1.29 is 37.0 Å². The smallest absolute Gasteiger partial charge is 0.418 e. The lowest BCUT2D eigenvalue weighted by molar-refractivity contribution is -0.138. The summed E-state index contributed by atoms with van der Waals surface area (Å²) in [6.07, 6.45) is -4.18. The lowest BCUT2D eigenvalue weighted by Crippen LogP contribution is -2.43. The number of para-hydroxylation sites is 1. The van der Waals surface area contributed by atoms with E-state index in [2.05, 4.69) is 20.9 Å². The monoisotopic (exact) mass is 749 g/mol. The molecule has 2 aliphatic carbocycles. The van der Waals surface area contributed by atoms with Crippen molar-refractivity contribution in [2.45, 2.75) is 28.8 Å². The maximum atomic E-state index is 14.1. The number of benzene rings is 2. The fourth-order valence-electron chi connectivity index (χ4n) is 8.45. The van der Waals surface area contributed by atoms with Gasteiger partial charge >= 0.3 is 11.0 Å². The molecule has 3 amide bonds. The number of carbonyl (C=O) groups excluding carboxylic acids is 3. The van der Waals surface area contributed by atoms with E-state index in [1.54, 1.807) is 17.0 Å². The van der Waals surface area contributed by atoms with Gasteiger partial charge < -0.3 is 19.4 Å². The number of hydrogen-bond donors (Lipinski definition) is 1. The van der Waals surface area contributed by atoms with Crippen molar-refractivity contribution in [2.75, 3.05) is 37.8 Å². The number of morpholine rings is 1. The Morgan fingerprint density at radius 3 is 2.51 bits per heavy atom. The van der Waals surface area contributed by atoms with Crippen molar-refractivity contribution in [3.05, 3.63) is 72.6 Å². The lowest BCUT2D eigenvalue weighted by Gasteiger charge is -2.43. The first-order valence-corrected chi connectivity index (χ1v) is 17.7. The van der Waals surface area contributed by atoms with Crippen molar-refractivity contribution >= 4 is 62.4 Å². The molecule has 2 aromatic carbocycles. The summed E-state index contributed by atoms with van der Waals surface area (Å²) in [5.74, 6) is -3.69. The molecule has 2 saturated heterocycles. The zero-order valence-corrected chi connectivity index (χ0v) is 27.7. The summed E-state index contributed by atoms with van der Waals surface area (Å²) in [4.78, 5) is 59.7. The van der Waals surface area contributed by atoms with Gasteiger partial charge in [-0.05, 0) is 54.5 Å². The number of H-pyrrole nitrogens is 1. The molecular formula is C32H27BrF3N3O6S2. The Hall–Kier alpha value is -3.14. The second-order valence-electron chi connectivity index (χ2n) is 12.5. The third kappa shape index (κ3) is 4.98. The predicted octanol–water partition coefficient (Wildman–Crippen LogP) is 5.13. The van der Waals surface area contributed by atoms with E-state index in [9.17, 15) is 32.3 Å². The van der Waals surface area contributed by atoms with Crippen LogP contribution < -0.4 is 14.5 Å². The van der Waals surface area contributed by atoms with Gasteiger partial charge in [0.1, 0.15) is 5.75 Å². The molecule has 1 N–H and O–H groups in total. The van der Waals surface area contributed by atoms with Crippen LogP contribution in [-0.2, 0) is 25.3 Å². The van der Waals surface area contributed by atoms with Gasteiger partial charge in [-0.2, -0.15) is 13.2 Å².